The van der Waals surface area contributed by atoms with Crippen LogP contribution < -0.4 is 5.48 Å². The molecule has 23 heavy (non-hydrogen) atoms. The van der Waals surface area contributed by atoms with Gasteiger partial charge in [0.05, 0.1) is 6.54 Å². The summed E-state index contributed by atoms with van der Waals surface area (Å²) in [6.07, 6.45) is 1.69. The predicted molar refractivity (Wildman–Crippen MR) is 85.0 cm³/mol. The van der Waals surface area contributed by atoms with Gasteiger partial charge in [-0.15, -0.1) is 0 Å². The molecule has 0 bridgehead atoms. The fourth-order valence-corrected chi connectivity index (χ4v) is 2.30. The van der Waals surface area contributed by atoms with E-state index in [4.69, 9.17) is 5.21 Å². The fraction of sp³-hybridized carbons (Fsp3) is 0.118. The Morgan fingerprint density at radius 1 is 1.22 bits per heavy atom. The molecule has 0 aliphatic rings. The standard InChI is InChI=1S/C17H16N4O2/c1-12-3-2-4-15(9-12)16-18-11-21(19-16)10-13-5-7-14(8-6-13)17(22)20-23/h2-9,11,23H,10H2,1H3,(H,20,22). The third-order valence-corrected chi connectivity index (χ3v) is 3.47. The predicted octanol–water partition coefficient (Wildman–Crippen LogP) is 2.42. The van der Waals surface area contributed by atoms with Gasteiger partial charge in [0.2, 0.25) is 0 Å². The highest BCUT2D eigenvalue weighted by Crippen LogP contribution is 2.16. The Morgan fingerprint density at radius 2 is 2.00 bits per heavy atom. The normalized spacial score (nSPS) is 10.5. The van der Waals surface area contributed by atoms with Crippen molar-refractivity contribution in [2.24, 2.45) is 0 Å². The zero-order valence-corrected chi connectivity index (χ0v) is 12.6. The molecule has 0 aliphatic carbocycles. The molecule has 0 saturated heterocycles. The number of nitrogens with zero attached hydrogens (tertiary/aromatic N) is 3. The van der Waals surface area contributed by atoms with Crippen LogP contribution in [0, 0.1) is 6.92 Å². The van der Waals surface area contributed by atoms with Crippen LogP contribution in [-0.4, -0.2) is 25.9 Å². The van der Waals surface area contributed by atoms with Crippen LogP contribution in [-0.2, 0) is 6.54 Å². The Morgan fingerprint density at radius 3 is 2.70 bits per heavy atom. The maximum absolute atomic E-state index is 11.3. The van der Waals surface area contributed by atoms with Crippen molar-refractivity contribution in [2.75, 3.05) is 0 Å². The lowest BCUT2D eigenvalue weighted by molar-refractivity contribution is 0.0706. The quantitative estimate of drug-likeness (QED) is 0.573. The number of aromatic nitrogens is 3. The molecule has 1 aromatic heterocycles. The summed E-state index contributed by atoms with van der Waals surface area (Å²) in [7, 11) is 0. The van der Waals surface area contributed by atoms with E-state index in [1.807, 2.05) is 43.3 Å². The zero-order valence-electron chi connectivity index (χ0n) is 12.6. The first-order valence-corrected chi connectivity index (χ1v) is 7.15. The van der Waals surface area contributed by atoms with E-state index in [1.54, 1.807) is 28.6 Å². The molecule has 0 atom stereocenters. The van der Waals surface area contributed by atoms with E-state index in [9.17, 15) is 4.79 Å². The number of rotatable bonds is 4. The van der Waals surface area contributed by atoms with E-state index >= 15 is 0 Å². The van der Waals surface area contributed by atoms with Gasteiger partial charge in [-0.2, -0.15) is 5.10 Å². The van der Waals surface area contributed by atoms with Gasteiger partial charge in [0.25, 0.3) is 5.91 Å². The molecule has 2 aromatic carbocycles. The van der Waals surface area contributed by atoms with Crippen LogP contribution in [0.3, 0.4) is 0 Å². The van der Waals surface area contributed by atoms with Crippen molar-refractivity contribution in [1.29, 1.82) is 0 Å². The minimum absolute atomic E-state index is 0.398. The summed E-state index contributed by atoms with van der Waals surface area (Å²) in [5.41, 5.74) is 5.14. The van der Waals surface area contributed by atoms with Gasteiger partial charge in [-0.25, -0.2) is 15.1 Å². The van der Waals surface area contributed by atoms with Crippen LogP contribution in [0.5, 0.6) is 0 Å². The highest BCUT2D eigenvalue weighted by molar-refractivity contribution is 5.93. The minimum Gasteiger partial charge on any atom is -0.288 e. The summed E-state index contributed by atoms with van der Waals surface area (Å²) in [6.45, 7) is 2.59. The van der Waals surface area contributed by atoms with E-state index in [2.05, 4.69) is 10.1 Å². The largest absolute Gasteiger partial charge is 0.288 e. The number of amides is 1. The molecule has 0 saturated carbocycles. The van der Waals surface area contributed by atoms with Crippen LogP contribution in [0.15, 0.2) is 54.9 Å². The first kappa shape index (κ1) is 14.9. The minimum atomic E-state index is -0.529. The topological polar surface area (TPSA) is 80.0 Å². The average Bonchev–Trinajstić information content (AvgIpc) is 3.03. The first-order chi connectivity index (χ1) is 11.2. The molecule has 1 heterocycles. The Balaban J connectivity index is 1.75. The number of benzene rings is 2. The van der Waals surface area contributed by atoms with Gasteiger partial charge in [-0.3, -0.25) is 10.0 Å². The van der Waals surface area contributed by atoms with Crippen LogP contribution in [0.4, 0.5) is 0 Å². The molecule has 2 N–H and O–H groups in total. The molecule has 0 radical (unpaired) electrons. The van der Waals surface area contributed by atoms with Crippen molar-refractivity contribution < 1.29 is 10.0 Å². The van der Waals surface area contributed by atoms with E-state index in [-0.39, 0.29) is 0 Å². The summed E-state index contributed by atoms with van der Waals surface area (Å²) in [6, 6.07) is 15.0. The molecule has 6 heteroatoms. The lowest BCUT2D eigenvalue weighted by Crippen LogP contribution is -2.18. The Hall–Kier alpha value is -2.99. The van der Waals surface area contributed by atoms with E-state index < -0.39 is 5.91 Å². The van der Waals surface area contributed by atoms with Gasteiger partial charge >= 0.3 is 0 Å². The highest BCUT2D eigenvalue weighted by Gasteiger charge is 2.06. The van der Waals surface area contributed by atoms with Gasteiger partial charge in [-0.05, 0) is 30.7 Å². The molecule has 0 unspecified atom stereocenters. The Labute approximate surface area is 133 Å². The van der Waals surface area contributed by atoms with E-state index in [1.165, 1.54) is 0 Å². The summed E-state index contributed by atoms with van der Waals surface area (Å²) >= 11 is 0. The van der Waals surface area contributed by atoms with Crippen molar-refractivity contribution in [3.63, 3.8) is 0 Å². The number of hydrogen-bond donors (Lipinski definition) is 2. The monoisotopic (exact) mass is 308 g/mol. The molecule has 3 aromatic rings. The molecule has 0 aliphatic heterocycles. The number of carbonyl (C=O) groups is 1. The van der Waals surface area contributed by atoms with E-state index in [0.717, 1.165) is 16.7 Å². The van der Waals surface area contributed by atoms with Crippen LogP contribution >= 0.6 is 0 Å². The molecule has 3 rings (SSSR count). The molecule has 0 fully saturated rings. The third-order valence-electron chi connectivity index (χ3n) is 3.47. The van der Waals surface area contributed by atoms with Gasteiger partial charge in [0.1, 0.15) is 6.33 Å². The second-order valence-corrected chi connectivity index (χ2v) is 5.27. The van der Waals surface area contributed by atoms with Crippen LogP contribution in [0.2, 0.25) is 0 Å². The van der Waals surface area contributed by atoms with Crippen molar-refractivity contribution in [3.8, 4) is 11.4 Å². The van der Waals surface area contributed by atoms with Crippen molar-refractivity contribution in [3.05, 3.63) is 71.5 Å². The smallest absolute Gasteiger partial charge is 0.274 e. The van der Waals surface area contributed by atoms with Gasteiger partial charge in [0, 0.05) is 11.1 Å². The van der Waals surface area contributed by atoms with Crippen LogP contribution in [0.25, 0.3) is 11.4 Å². The number of carbonyl (C=O) groups excluding carboxylic acids is 1. The summed E-state index contributed by atoms with van der Waals surface area (Å²) in [5, 5.41) is 13.1. The SMILES string of the molecule is Cc1cccc(-c2ncn(Cc3ccc(C(=O)NO)cc3)n2)c1. The van der Waals surface area contributed by atoms with Gasteiger partial charge in [-0.1, -0.05) is 35.9 Å². The van der Waals surface area contributed by atoms with Crippen molar-refractivity contribution >= 4 is 5.91 Å². The highest BCUT2D eigenvalue weighted by atomic mass is 16.5. The zero-order chi connectivity index (χ0) is 16.2. The molecule has 0 spiro atoms. The lowest BCUT2D eigenvalue weighted by atomic mass is 10.1. The van der Waals surface area contributed by atoms with Crippen molar-refractivity contribution in [2.45, 2.75) is 13.5 Å². The van der Waals surface area contributed by atoms with Crippen molar-refractivity contribution in [1.82, 2.24) is 20.2 Å². The lowest BCUT2D eigenvalue weighted by Gasteiger charge is -2.03. The van der Waals surface area contributed by atoms with E-state index in [0.29, 0.717) is 17.9 Å². The van der Waals surface area contributed by atoms with Gasteiger partial charge < -0.3 is 0 Å². The number of aryl methyl sites for hydroxylation is 1. The maximum atomic E-state index is 11.3. The first-order valence-electron chi connectivity index (χ1n) is 7.15. The molecule has 1 amide bonds. The Kier molecular flexibility index (Phi) is 4.16. The van der Waals surface area contributed by atoms with Crippen LogP contribution in [0.1, 0.15) is 21.5 Å². The molecule has 6 nitrogen and oxygen atoms in total. The molecular formula is C17H16N4O2. The van der Waals surface area contributed by atoms with Gasteiger partial charge in [0.15, 0.2) is 5.82 Å². The summed E-state index contributed by atoms with van der Waals surface area (Å²) < 4.78 is 1.75. The number of hydrogen-bond acceptors (Lipinski definition) is 4. The summed E-state index contributed by atoms with van der Waals surface area (Å²) in [5.74, 6) is 0.156. The average molecular weight is 308 g/mol. The molecular weight excluding hydrogens is 292 g/mol. The second kappa shape index (κ2) is 6.41. The maximum Gasteiger partial charge on any atom is 0.274 e. The summed E-state index contributed by atoms with van der Waals surface area (Å²) in [4.78, 5) is 15.6. The number of nitrogens with one attached hydrogen (secondary N) is 1. The number of hydroxylamine groups is 1. The third kappa shape index (κ3) is 3.44. The fourth-order valence-electron chi connectivity index (χ4n) is 2.30. The molecule has 116 valence electrons. The second-order valence-electron chi connectivity index (χ2n) is 5.27. The Bertz CT molecular complexity index is 825.